The van der Waals surface area contributed by atoms with E-state index in [0.717, 1.165) is 11.3 Å². The number of methoxy groups -OCH3 is 1. The molecule has 0 spiro atoms. The second kappa shape index (κ2) is 7.32. The van der Waals surface area contributed by atoms with Gasteiger partial charge in [-0.1, -0.05) is 30.3 Å². The third-order valence-electron chi connectivity index (χ3n) is 3.57. The number of ether oxygens (including phenoxy) is 2. The molecule has 0 bridgehead atoms. The van der Waals surface area contributed by atoms with Crippen LogP contribution in [0.2, 0.25) is 0 Å². The molecule has 0 N–H and O–H groups in total. The van der Waals surface area contributed by atoms with Gasteiger partial charge in [-0.3, -0.25) is 0 Å². The van der Waals surface area contributed by atoms with Crippen molar-refractivity contribution >= 4 is 5.97 Å². The molecule has 6 heteroatoms. The highest BCUT2D eigenvalue weighted by Gasteiger charge is 2.20. The maximum absolute atomic E-state index is 12.3. The van der Waals surface area contributed by atoms with E-state index in [-0.39, 0.29) is 12.3 Å². The van der Waals surface area contributed by atoms with Gasteiger partial charge in [-0.15, -0.1) is 0 Å². The fourth-order valence-electron chi connectivity index (χ4n) is 2.25. The van der Waals surface area contributed by atoms with E-state index >= 15 is 0 Å². The van der Waals surface area contributed by atoms with Crippen LogP contribution >= 0.6 is 0 Å². The van der Waals surface area contributed by atoms with Crippen molar-refractivity contribution in [3.8, 4) is 17.5 Å². The van der Waals surface area contributed by atoms with Gasteiger partial charge in [-0.2, -0.15) is 10.4 Å². The molecule has 0 saturated heterocycles. The number of rotatable bonds is 5. The van der Waals surface area contributed by atoms with Crippen LogP contribution in [0.4, 0.5) is 0 Å². The molecular formula is C19H15N3O3. The third kappa shape index (κ3) is 3.67. The van der Waals surface area contributed by atoms with E-state index in [2.05, 4.69) is 5.10 Å². The standard InChI is InChI=1S/C19H15N3O3/c1-24-17-12-22(16-5-3-2-4-6-16)21-18(17)19(23)25-13-15-9-7-14(11-20)8-10-15/h2-10,12H,13H2,1H3. The van der Waals surface area contributed by atoms with Crippen LogP contribution in [0.3, 0.4) is 0 Å². The van der Waals surface area contributed by atoms with Gasteiger partial charge in [-0.05, 0) is 29.8 Å². The summed E-state index contributed by atoms with van der Waals surface area (Å²) in [5.74, 6) is -0.232. The van der Waals surface area contributed by atoms with Crippen LogP contribution in [0.15, 0.2) is 60.8 Å². The molecule has 124 valence electrons. The lowest BCUT2D eigenvalue weighted by Gasteiger charge is -2.04. The second-order valence-electron chi connectivity index (χ2n) is 5.21. The Balaban J connectivity index is 1.75. The van der Waals surface area contributed by atoms with Crippen LogP contribution in [0.25, 0.3) is 5.69 Å². The second-order valence-corrected chi connectivity index (χ2v) is 5.21. The number of para-hydroxylation sites is 1. The van der Waals surface area contributed by atoms with Gasteiger partial charge in [-0.25, -0.2) is 9.48 Å². The average Bonchev–Trinajstić information content (AvgIpc) is 3.12. The van der Waals surface area contributed by atoms with E-state index in [1.165, 1.54) is 7.11 Å². The van der Waals surface area contributed by atoms with Gasteiger partial charge in [0.25, 0.3) is 0 Å². The Bertz CT molecular complexity index is 909. The van der Waals surface area contributed by atoms with Crippen molar-refractivity contribution in [2.24, 2.45) is 0 Å². The van der Waals surface area contributed by atoms with E-state index in [1.807, 2.05) is 36.4 Å². The molecule has 0 fully saturated rings. The Kier molecular flexibility index (Phi) is 4.77. The molecule has 0 atom stereocenters. The molecule has 0 saturated carbocycles. The minimum Gasteiger partial charge on any atom is -0.493 e. The summed E-state index contributed by atoms with van der Waals surface area (Å²) in [7, 11) is 1.48. The summed E-state index contributed by atoms with van der Waals surface area (Å²) in [5.41, 5.74) is 2.26. The smallest absolute Gasteiger partial charge is 0.363 e. The number of carbonyl (C=O) groups is 1. The lowest BCUT2D eigenvalue weighted by Crippen LogP contribution is -2.08. The molecule has 0 unspecified atom stereocenters. The van der Waals surface area contributed by atoms with Crippen molar-refractivity contribution in [3.63, 3.8) is 0 Å². The number of nitrogens with zero attached hydrogens (tertiary/aromatic N) is 3. The van der Waals surface area contributed by atoms with Gasteiger partial charge >= 0.3 is 5.97 Å². The van der Waals surface area contributed by atoms with Crippen molar-refractivity contribution in [1.82, 2.24) is 9.78 Å². The Morgan fingerprint density at radius 1 is 1.16 bits per heavy atom. The van der Waals surface area contributed by atoms with E-state index in [1.54, 1.807) is 35.1 Å². The van der Waals surface area contributed by atoms with Gasteiger partial charge in [0.1, 0.15) is 6.61 Å². The van der Waals surface area contributed by atoms with E-state index in [9.17, 15) is 4.79 Å². The van der Waals surface area contributed by atoms with Crippen LogP contribution < -0.4 is 4.74 Å². The molecular weight excluding hydrogens is 318 g/mol. The molecule has 1 heterocycles. The van der Waals surface area contributed by atoms with Gasteiger partial charge < -0.3 is 9.47 Å². The molecule has 0 aliphatic carbocycles. The van der Waals surface area contributed by atoms with Crippen molar-refractivity contribution < 1.29 is 14.3 Å². The zero-order valence-corrected chi connectivity index (χ0v) is 13.5. The first kappa shape index (κ1) is 16.3. The molecule has 0 aliphatic heterocycles. The van der Waals surface area contributed by atoms with Crippen LogP contribution in [0.1, 0.15) is 21.6 Å². The van der Waals surface area contributed by atoms with Gasteiger partial charge in [0, 0.05) is 0 Å². The highest BCUT2D eigenvalue weighted by atomic mass is 16.5. The fraction of sp³-hybridized carbons (Fsp3) is 0.105. The fourth-order valence-corrected chi connectivity index (χ4v) is 2.25. The average molecular weight is 333 g/mol. The number of carbonyl (C=O) groups excluding carboxylic acids is 1. The van der Waals surface area contributed by atoms with Gasteiger partial charge in [0.05, 0.1) is 30.6 Å². The number of hydrogen-bond donors (Lipinski definition) is 0. The summed E-state index contributed by atoms with van der Waals surface area (Å²) in [6, 6.07) is 18.3. The van der Waals surface area contributed by atoms with Gasteiger partial charge in [0.2, 0.25) is 5.69 Å². The van der Waals surface area contributed by atoms with Crippen LogP contribution in [0, 0.1) is 11.3 Å². The molecule has 2 aromatic carbocycles. The highest BCUT2D eigenvalue weighted by molar-refractivity contribution is 5.90. The number of nitriles is 1. The maximum Gasteiger partial charge on any atom is 0.363 e. The minimum atomic E-state index is -0.573. The molecule has 0 aliphatic rings. The Labute approximate surface area is 144 Å². The molecule has 3 aromatic rings. The van der Waals surface area contributed by atoms with E-state index in [4.69, 9.17) is 14.7 Å². The first-order valence-corrected chi connectivity index (χ1v) is 7.56. The van der Waals surface area contributed by atoms with Gasteiger partial charge in [0.15, 0.2) is 5.75 Å². The van der Waals surface area contributed by atoms with E-state index in [0.29, 0.717) is 11.3 Å². The molecule has 1 aromatic heterocycles. The lowest BCUT2D eigenvalue weighted by atomic mass is 10.2. The minimum absolute atomic E-state index is 0.0892. The van der Waals surface area contributed by atoms with Crippen LogP contribution in [0.5, 0.6) is 5.75 Å². The Hall–Kier alpha value is -3.59. The summed E-state index contributed by atoms with van der Waals surface area (Å²) < 4.78 is 12.1. The van der Waals surface area contributed by atoms with Crippen molar-refractivity contribution in [3.05, 3.63) is 77.6 Å². The molecule has 0 amide bonds. The quantitative estimate of drug-likeness (QED) is 0.671. The first-order valence-electron chi connectivity index (χ1n) is 7.56. The summed E-state index contributed by atoms with van der Waals surface area (Å²) in [6.45, 7) is 0.0892. The molecule has 25 heavy (non-hydrogen) atoms. The summed E-state index contributed by atoms with van der Waals surface area (Å²) in [5, 5.41) is 13.1. The summed E-state index contributed by atoms with van der Waals surface area (Å²) >= 11 is 0. The molecule has 3 rings (SSSR count). The van der Waals surface area contributed by atoms with Crippen LogP contribution in [-0.2, 0) is 11.3 Å². The first-order chi connectivity index (χ1) is 12.2. The van der Waals surface area contributed by atoms with Crippen molar-refractivity contribution in [2.75, 3.05) is 7.11 Å². The topological polar surface area (TPSA) is 77.1 Å². The van der Waals surface area contributed by atoms with Crippen molar-refractivity contribution in [1.29, 1.82) is 5.26 Å². The lowest BCUT2D eigenvalue weighted by molar-refractivity contribution is 0.0461. The predicted molar refractivity (Wildman–Crippen MR) is 90.4 cm³/mol. The highest BCUT2D eigenvalue weighted by Crippen LogP contribution is 2.20. The third-order valence-corrected chi connectivity index (χ3v) is 3.57. The summed E-state index contributed by atoms with van der Waals surface area (Å²) in [6.07, 6.45) is 1.63. The van der Waals surface area contributed by atoms with Crippen molar-refractivity contribution in [2.45, 2.75) is 6.61 Å². The normalized spacial score (nSPS) is 10.1. The Morgan fingerprint density at radius 2 is 1.88 bits per heavy atom. The maximum atomic E-state index is 12.3. The zero-order valence-electron chi connectivity index (χ0n) is 13.5. The number of aromatic nitrogens is 2. The zero-order chi connectivity index (χ0) is 17.6. The predicted octanol–water partition coefficient (Wildman–Crippen LogP) is 3.11. The van der Waals surface area contributed by atoms with Crippen LogP contribution in [-0.4, -0.2) is 22.9 Å². The SMILES string of the molecule is COc1cn(-c2ccccc2)nc1C(=O)OCc1ccc(C#N)cc1. The monoisotopic (exact) mass is 333 g/mol. The Morgan fingerprint density at radius 3 is 2.52 bits per heavy atom. The molecule has 0 radical (unpaired) electrons. The number of benzene rings is 2. The summed E-state index contributed by atoms with van der Waals surface area (Å²) in [4.78, 5) is 12.3. The largest absolute Gasteiger partial charge is 0.493 e. The van der Waals surface area contributed by atoms with E-state index < -0.39 is 5.97 Å². The number of esters is 1. The molecule has 6 nitrogen and oxygen atoms in total. The number of hydrogen-bond acceptors (Lipinski definition) is 5.